The molecule has 5 nitrogen and oxygen atoms in total. The van der Waals surface area contributed by atoms with E-state index < -0.39 is 0 Å². The zero-order valence-corrected chi connectivity index (χ0v) is 13.9. The van der Waals surface area contributed by atoms with Gasteiger partial charge in [-0.05, 0) is 31.2 Å². The summed E-state index contributed by atoms with van der Waals surface area (Å²) in [5.74, 6) is 0.462. The van der Waals surface area contributed by atoms with E-state index in [0.29, 0.717) is 26.2 Å². The molecule has 1 unspecified atom stereocenters. The molecule has 3 fully saturated rings. The van der Waals surface area contributed by atoms with Crippen molar-refractivity contribution in [2.24, 2.45) is 5.41 Å². The molecule has 128 valence electrons. The SMILES string of the molecule is O=C([C@@H]1CCCO1)N1CCC2(CC1)C(=O)NCC2c1ccccc1. The lowest BCUT2D eigenvalue weighted by Crippen LogP contribution is -2.50. The molecule has 4 rings (SSSR count). The molecule has 2 amide bonds. The summed E-state index contributed by atoms with van der Waals surface area (Å²) in [5.41, 5.74) is 0.851. The van der Waals surface area contributed by atoms with Crippen LogP contribution in [0.4, 0.5) is 0 Å². The lowest BCUT2D eigenvalue weighted by molar-refractivity contribution is -0.146. The number of nitrogens with zero attached hydrogens (tertiary/aromatic N) is 1. The lowest BCUT2D eigenvalue weighted by atomic mass is 9.68. The zero-order valence-electron chi connectivity index (χ0n) is 13.9. The molecule has 0 bridgehead atoms. The number of amides is 2. The predicted octanol–water partition coefficient (Wildman–Crippen LogP) is 1.69. The van der Waals surface area contributed by atoms with Gasteiger partial charge in [0, 0.05) is 32.2 Å². The van der Waals surface area contributed by atoms with Crippen molar-refractivity contribution in [1.82, 2.24) is 10.2 Å². The molecule has 3 aliphatic heterocycles. The van der Waals surface area contributed by atoms with Crippen LogP contribution in [0.5, 0.6) is 0 Å². The van der Waals surface area contributed by atoms with Crippen LogP contribution in [-0.2, 0) is 14.3 Å². The van der Waals surface area contributed by atoms with Gasteiger partial charge in [-0.3, -0.25) is 9.59 Å². The highest BCUT2D eigenvalue weighted by Gasteiger charge is 2.52. The summed E-state index contributed by atoms with van der Waals surface area (Å²) in [5, 5.41) is 3.06. The van der Waals surface area contributed by atoms with Crippen LogP contribution in [0.2, 0.25) is 0 Å². The van der Waals surface area contributed by atoms with Crippen LogP contribution < -0.4 is 5.32 Å². The first-order chi connectivity index (χ1) is 11.7. The van der Waals surface area contributed by atoms with Gasteiger partial charge < -0.3 is 15.0 Å². The number of ether oxygens (including phenoxy) is 1. The van der Waals surface area contributed by atoms with E-state index >= 15 is 0 Å². The monoisotopic (exact) mass is 328 g/mol. The Morgan fingerprint density at radius 1 is 1.21 bits per heavy atom. The first kappa shape index (κ1) is 15.6. The summed E-state index contributed by atoms with van der Waals surface area (Å²) < 4.78 is 5.53. The van der Waals surface area contributed by atoms with E-state index in [1.807, 2.05) is 23.1 Å². The topological polar surface area (TPSA) is 58.6 Å². The Balaban J connectivity index is 1.49. The van der Waals surface area contributed by atoms with Gasteiger partial charge >= 0.3 is 0 Å². The molecule has 1 N–H and O–H groups in total. The molecule has 24 heavy (non-hydrogen) atoms. The van der Waals surface area contributed by atoms with Gasteiger partial charge in [-0.15, -0.1) is 0 Å². The average Bonchev–Trinajstić information content (AvgIpc) is 3.26. The van der Waals surface area contributed by atoms with E-state index in [-0.39, 0.29) is 29.3 Å². The first-order valence-corrected chi connectivity index (χ1v) is 8.94. The van der Waals surface area contributed by atoms with Crippen molar-refractivity contribution in [3.8, 4) is 0 Å². The smallest absolute Gasteiger partial charge is 0.251 e. The highest BCUT2D eigenvalue weighted by atomic mass is 16.5. The number of carbonyl (C=O) groups is 2. The van der Waals surface area contributed by atoms with E-state index in [4.69, 9.17) is 4.74 Å². The number of likely N-dealkylation sites (tertiary alicyclic amines) is 1. The number of hydrogen-bond acceptors (Lipinski definition) is 3. The van der Waals surface area contributed by atoms with Crippen LogP contribution in [0.15, 0.2) is 30.3 Å². The molecule has 1 aromatic rings. The minimum atomic E-state index is -0.366. The van der Waals surface area contributed by atoms with Gasteiger partial charge in [-0.2, -0.15) is 0 Å². The van der Waals surface area contributed by atoms with Crippen LogP contribution in [0.25, 0.3) is 0 Å². The molecule has 5 heteroatoms. The van der Waals surface area contributed by atoms with Crippen molar-refractivity contribution in [3.05, 3.63) is 35.9 Å². The molecule has 1 spiro atoms. The lowest BCUT2D eigenvalue weighted by Gasteiger charge is -2.41. The van der Waals surface area contributed by atoms with Gasteiger partial charge in [0.05, 0.1) is 5.41 Å². The average molecular weight is 328 g/mol. The van der Waals surface area contributed by atoms with Crippen molar-refractivity contribution in [3.63, 3.8) is 0 Å². The fraction of sp³-hybridized carbons (Fsp3) is 0.579. The molecule has 3 heterocycles. The second-order valence-corrected chi connectivity index (χ2v) is 7.16. The van der Waals surface area contributed by atoms with Crippen LogP contribution in [0.3, 0.4) is 0 Å². The largest absolute Gasteiger partial charge is 0.368 e. The molecule has 1 aromatic carbocycles. The standard InChI is InChI=1S/C19H24N2O3/c22-17(16-7-4-12-24-16)21-10-8-19(9-11-21)15(13-20-18(19)23)14-5-2-1-3-6-14/h1-3,5-6,15-16H,4,7-13H2,(H,20,23)/t15?,16-/m0/s1. The van der Waals surface area contributed by atoms with Gasteiger partial charge in [0.2, 0.25) is 5.91 Å². The third-order valence-corrected chi connectivity index (χ3v) is 5.96. The fourth-order valence-electron chi connectivity index (χ4n) is 4.52. The van der Waals surface area contributed by atoms with Crippen molar-refractivity contribution >= 4 is 11.8 Å². The molecule has 0 saturated carbocycles. The summed E-state index contributed by atoms with van der Waals surface area (Å²) in [7, 11) is 0. The molecule has 0 aromatic heterocycles. The molecular weight excluding hydrogens is 304 g/mol. The number of rotatable bonds is 2. The second kappa shape index (κ2) is 6.20. The predicted molar refractivity (Wildman–Crippen MR) is 89.4 cm³/mol. The van der Waals surface area contributed by atoms with E-state index in [9.17, 15) is 9.59 Å². The third-order valence-electron chi connectivity index (χ3n) is 5.96. The molecule has 2 atom stereocenters. The zero-order chi connectivity index (χ0) is 16.6. The minimum absolute atomic E-state index is 0.108. The van der Waals surface area contributed by atoms with Crippen LogP contribution in [-0.4, -0.2) is 49.1 Å². The van der Waals surface area contributed by atoms with Crippen molar-refractivity contribution in [2.75, 3.05) is 26.2 Å². The maximum atomic E-state index is 12.6. The molecule has 3 saturated heterocycles. The van der Waals surface area contributed by atoms with Gasteiger partial charge in [-0.1, -0.05) is 30.3 Å². The van der Waals surface area contributed by atoms with Gasteiger partial charge in [0.1, 0.15) is 6.10 Å². The van der Waals surface area contributed by atoms with E-state index in [1.165, 1.54) is 5.56 Å². The highest BCUT2D eigenvalue weighted by Crippen LogP contribution is 2.47. The van der Waals surface area contributed by atoms with Crippen LogP contribution in [0, 0.1) is 5.41 Å². The third kappa shape index (κ3) is 2.51. The van der Waals surface area contributed by atoms with E-state index in [0.717, 1.165) is 25.7 Å². The normalized spacial score (nSPS) is 29.0. The van der Waals surface area contributed by atoms with Gasteiger partial charge in [0.15, 0.2) is 0 Å². The first-order valence-electron chi connectivity index (χ1n) is 8.94. The highest BCUT2D eigenvalue weighted by molar-refractivity contribution is 5.87. The van der Waals surface area contributed by atoms with E-state index in [2.05, 4.69) is 17.4 Å². The Bertz CT molecular complexity index is 617. The molecule has 0 radical (unpaired) electrons. The van der Waals surface area contributed by atoms with Crippen molar-refractivity contribution in [1.29, 1.82) is 0 Å². The van der Waals surface area contributed by atoms with Crippen LogP contribution in [0.1, 0.15) is 37.2 Å². The maximum Gasteiger partial charge on any atom is 0.251 e. The van der Waals surface area contributed by atoms with Crippen molar-refractivity contribution in [2.45, 2.75) is 37.7 Å². The quantitative estimate of drug-likeness (QED) is 0.899. The maximum absolute atomic E-state index is 12.6. The Hall–Kier alpha value is -1.88. The number of nitrogens with one attached hydrogen (secondary N) is 1. The van der Waals surface area contributed by atoms with Crippen molar-refractivity contribution < 1.29 is 14.3 Å². The Morgan fingerprint density at radius 3 is 2.62 bits per heavy atom. The number of hydrogen-bond donors (Lipinski definition) is 1. The van der Waals surface area contributed by atoms with Gasteiger partial charge in [-0.25, -0.2) is 0 Å². The Morgan fingerprint density at radius 2 is 1.96 bits per heavy atom. The molecular formula is C19H24N2O3. The molecule has 3 aliphatic rings. The fourth-order valence-corrected chi connectivity index (χ4v) is 4.52. The molecule has 0 aliphatic carbocycles. The van der Waals surface area contributed by atoms with Gasteiger partial charge in [0.25, 0.3) is 5.91 Å². The summed E-state index contributed by atoms with van der Waals surface area (Å²) in [6.45, 7) is 2.68. The number of carbonyl (C=O) groups excluding carboxylic acids is 2. The summed E-state index contributed by atoms with van der Waals surface area (Å²) in [6.07, 6.45) is 3.00. The number of piperidine rings is 1. The Kier molecular flexibility index (Phi) is 4.04. The summed E-state index contributed by atoms with van der Waals surface area (Å²) in [6, 6.07) is 10.3. The minimum Gasteiger partial charge on any atom is -0.368 e. The Labute approximate surface area is 142 Å². The summed E-state index contributed by atoms with van der Waals surface area (Å²) in [4.78, 5) is 27.1. The second-order valence-electron chi connectivity index (χ2n) is 7.16. The van der Waals surface area contributed by atoms with Crippen LogP contribution >= 0.6 is 0 Å². The number of benzene rings is 1. The van der Waals surface area contributed by atoms with E-state index in [1.54, 1.807) is 0 Å². The summed E-state index contributed by atoms with van der Waals surface area (Å²) >= 11 is 0.